The monoisotopic (exact) mass is 269 g/mol. The van der Waals surface area contributed by atoms with Crippen molar-refractivity contribution in [3.05, 3.63) is 45.4 Å². The Bertz CT molecular complexity index is 700. The molecule has 4 heteroatoms. The molecule has 2 aromatic carbocycles. The number of halogens is 3. The summed E-state index contributed by atoms with van der Waals surface area (Å²) in [7, 11) is 0. The molecular formula is C12H6Cl3N. The summed E-state index contributed by atoms with van der Waals surface area (Å²) in [5.41, 5.74) is 1.86. The first-order valence-corrected chi connectivity index (χ1v) is 5.86. The van der Waals surface area contributed by atoms with Gasteiger partial charge in [-0.2, -0.15) is 0 Å². The zero-order chi connectivity index (χ0) is 11.3. The van der Waals surface area contributed by atoms with Crippen LogP contribution in [0.1, 0.15) is 0 Å². The lowest BCUT2D eigenvalue weighted by molar-refractivity contribution is 1.55. The van der Waals surface area contributed by atoms with E-state index in [1.807, 2.05) is 30.3 Å². The first kappa shape index (κ1) is 10.3. The Balaban J connectivity index is 2.60. The zero-order valence-electron chi connectivity index (χ0n) is 8.02. The molecule has 1 heterocycles. The molecule has 0 saturated carbocycles. The van der Waals surface area contributed by atoms with Gasteiger partial charge in [-0.15, -0.1) is 0 Å². The lowest BCUT2D eigenvalue weighted by Gasteiger charge is -2.00. The Morgan fingerprint density at radius 1 is 0.875 bits per heavy atom. The van der Waals surface area contributed by atoms with Gasteiger partial charge in [0.15, 0.2) is 0 Å². The van der Waals surface area contributed by atoms with E-state index in [9.17, 15) is 0 Å². The maximum absolute atomic E-state index is 6.16. The van der Waals surface area contributed by atoms with Gasteiger partial charge >= 0.3 is 0 Å². The van der Waals surface area contributed by atoms with Gasteiger partial charge in [0.25, 0.3) is 0 Å². The van der Waals surface area contributed by atoms with Crippen molar-refractivity contribution in [2.45, 2.75) is 0 Å². The molecule has 16 heavy (non-hydrogen) atoms. The van der Waals surface area contributed by atoms with Crippen molar-refractivity contribution in [3.63, 3.8) is 0 Å². The number of hydrogen-bond acceptors (Lipinski definition) is 0. The van der Waals surface area contributed by atoms with Crippen molar-refractivity contribution in [1.29, 1.82) is 0 Å². The Kier molecular flexibility index (Phi) is 2.28. The highest BCUT2D eigenvalue weighted by atomic mass is 35.5. The highest BCUT2D eigenvalue weighted by Crippen LogP contribution is 2.39. The quantitative estimate of drug-likeness (QED) is 0.535. The number of nitrogens with one attached hydrogen (secondary N) is 1. The van der Waals surface area contributed by atoms with E-state index < -0.39 is 0 Å². The topological polar surface area (TPSA) is 15.8 Å². The lowest BCUT2D eigenvalue weighted by Crippen LogP contribution is -1.75. The molecule has 0 unspecified atom stereocenters. The predicted molar refractivity (Wildman–Crippen MR) is 70.8 cm³/mol. The van der Waals surface area contributed by atoms with Gasteiger partial charge in [0, 0.05) is 16.3 Å². The van der Waals surface area contributed by atoms with Gasteiger partial charge in [0.1, 0.15) is 0 Å². The van der Waals surface area contributed by atoms with Crippen LogP contribution in [0.15, 0.2) is 30.3 Å². The van der Waals surface area contributed by atoms with Crippen molar-refractivity contribution in [2.24, 2.45) is 0 Å². The number of hydrogen-bond donors (Lipinski definition) is 1. The maximum Gasteiger partial charge on any atom is 0.0848 e. The van der Waals surface area contributed by atoms with E-state index in [4.69, 9.17) is 34.8 Å². The Morgan fingerprint density at radius 3 is 2.44 bits per heavy atom. The highest BCUT2D eigenvalue weighted by Gasteiger charge is 2.12. The van der Waals surface area contributed by atoms with Crippen LogP contribution in [0, 0.1) is 0 Å². The van der Waals surface area contributed by atoms with E-state index >= 15 is 0 Å². The average molecular weight is 271 g/mol. The lowest BCUT2D eigenvalue weighted by atomic mass is 10.1. The van der Waals surface area contributed by atoms with Gasteiger partial charge < -0.3 is 4.98 Å². The Morgan fingerprint density at radius 2 is 1.62 bits per heavy atom. The number of rotatable bonds is 0. The van der Waals surface area contributed by atoms with Crippen LogP contribution >= 0.6 is 34.8 Å². The third-order valence-corrected chi connectivity index (χ3v) is 3.90. The second-order valence-corrected chi connectivity index (χ2v) is 4.74. The van der Waals surface area contributed by atoms with Gasteiger partial charge in [-0.05, 0) is 12.1 Å². The number of aromatic nitrogens is 1. The number of H-pyrrole nitrogens is 1. The Labute approximate surface area is 107 Å². The van der Waals surface area contributed by atoms with Gasteiger partial charge in [-0.1, -0.05) is 53.0 Å². The summed E-state index contributed by atoms with van der Waals surface area (Å²) in [6, 6.07) is 9.80. The summed E-state index contributed by atoms with van der Waals surface area (Å²) in [4.78, 5) is 3.24. The van der Waals surface area contributed by atoms with Crippen LogP contribution in [0.25, 0.3) is 21.8 Å². The number of benzene rings is 2. The minimum absolute atomic E-state index is 0.391. The average Bonchev–Trinajstić information content (AvgIpc) is 2.65. The third-order valence-electron chi connectivity index (χ3n) is 2.64. The second-order valence-electron chi connectivity index (χ2n) is 3.58. The molecule has 0 amide bonds. The van der Waals surface area contributed by atoms with E-state index in [0.29, 0.717) is 15.1 Å². The van der Waals surface area contributed by atoms with Crippen molar-refractivity contribution in [2.75, 3.05) is 0 Å². The highest BCUT2D eigenvalue weighted by molar-refractivity contribution is 6.50. The van der Waals surface area contributed by atoms with E-state index in [1.54, 1.807) is 0 Å². The molecule has 0 saturated heterocycles. The van der Waals surface area contributed by atoms with Gasteiger partial charge in [0.2, 0.25) is 0 Å². The van der Waals surface area contributed by atoms with Crippen LogP contribution in [0.4, 0.5) is 0 Å². The van der Waals surface area contributed by atoms with E-state index in [-0.39, 0.29) is 0 Å². The summed E-state index contributed by atoms with van der Waals surface area (Å²) in [6.45, 7) is 0. The smallest absolute Gasteiger partial charge is 0.0848 e. The number of fused-ring (bicyclic) bond motifs is 3. The van der Waals surface area contributed by atoms with Crippen molar-refractivity contribution >= 4 is 56.6 Å². The van der Waals surface area contributed by atoms with E-state index in [1.165, 1.54) is 0 Å². The molecule has 1 aromatic heterocycles. The summed E-state index contributed by atoms with van der Waals surface area (Å²) in [6.07, 6.45) is 0. The maximum atomic E-state index is 6.16. The molecule has 0 aliphatic rings. The summed E-state index contributed by atoms with van der Waals surface area (Å²) in [5.74, 6) is 0. The number of aromatic amines is 1. The minimum Gasteiger partial charge on any atom is -0.353 e. The molecule has 80 valence electrons. The fraction of sp³-hybridized carbons (Fsp3) is 0. The molecule has 0 radical (unpaired) electrons. The standard InChI is InChI=1S/C12H6Cl3N/c13-8-5-7-6-3-1-2-4-9(6)16-12(7)11(15)10(8)14/h1-5,16H. The molecule has 1 N–H and O–H groups in total. The van der Waals surface area contributed by atoms with E-state index in [2.05, 4.69) is 4.98 Å². The zero-order valence-corrected chi connectivity index (χ0v) is 10.3. The molecule has 3 aromatic rings. The van der Waals surface area contributed by atoms with Crippen LogP contribution in [-0.2, 0) is 0 Å². The molecule has 3 rings (SSSR count). The molecule has 0 spiro atoms. The Hall–Kier alpha value is -0.890. The van der Waals surface area contributed by atoms with Crippen LogP contribution in [0.5, 0.6) is 0 Å². The molecule has 0 aliphatic carbocycles. The second kappa shape index (κ2) is 3.56. The fourth-order valence-electron chi connectivity index (χ4n) is 1.89. The van der Waals surface area contributed by atoms with Crippen LogP contribution < -0.4 is 0 Å². The summed E-state index contributed by atoms with van der Waals surface area (Å²) >= 11 is 18.2. The van der Waals surface area contributed by atoms with Crippen molar-refractivity contribution in [3.8, 4) is 0 Å². The van der Waals surface area contributed by atoms with E-state index in [0.717, 1.165) is 21.8 Å². The fourth-order valence-corrected chi connectivity index (χ4v) is 2.54. The van der Waals surface area contributed by atoms with Crippen LogP contribution in [-0.4, -0.2) is 4.98 Å². The van der Waals surface area contributed by atoms with Crippen LogP contribution in [0.2, 0.25) is 15.1 Å². The molecular weight excluding hydrogens is 264 g/mol. The van der Waals surface area contributed by atoms with Crippen molar-refractivity contribution in [1.82, 2.24) is 4.98 Å². The van der Waals surface area contributed by atoms with Crippen LogP contribution in [0.3, 0.4) is 0 Å². The van der Waals surface area contributed by atoms with Gasteiger partial charge in [0.05, 0.1) is 20.6 Å². The van der Waals surface area contributed by atoms with Gasteiger partial charge in [-0.3, -0.25) is 0 Å². The first-order valence-electron chi connectivity index (χ1n) is 4.72. The first-order chi connectivity index (χ1) is 7.68. The largest absolute Gasteiger partial charge is 0.353 e. The molecule has 0 bridgehead atoms. The molecule has 0 atom stereocenters. The molecule has 1 nitrogen and oxygen atoms in total. The predicted octanol–water partition coefficient (Wildman–Crippen LogP) is 5.28. The summed E-state index contributed by atoms with van der Waals surface area (Å²) < 4.78 is 0. The molecule has 0 fully saturated rings. The summed E-state index contributed by atoms with van der Waals surface area (Å²) in [5, 5.41) is 3.43. The number of para-hydroxylation sites is 1. The SMILES string of the molecule is Clc1cc2c([nH]c3ccccc32)c(Cl)c1Cl. The minimum atomic E-state index is 0.391. The molecule has 0 aliphatic heterocycles. The van der Waals surface area contributed by atoms with Crippen molar-refractivity contribution < 1.29 is 0 Å². The normalized spacial score (nSPS) is 11.4. The third kappa shape index (κ3) is 1.32. The van der Waals surface area contributed by atoms with Gasteiger partial charge in [-0.25, -0.2) is 0 Å².